The minimum absolute atomic E-state index is 0.0335. The molecule has 0 saturated carbocycles. The number of nitro groups is 1. The Morgan fingerprint density at radius 3 is 2.07 bits per heavy atom. The van der Waals surface area contributed by atoms with E-state index in [1.54, 1.807) is 0 Å². The molecule has 5 heteroatoms. The van der Waals surface area contributed by atoms with Crippen LogP contribution < -0.4 is 5.32 Å². The van der Waals surface area contributed by atoms with Gasteiger partial charge in [0.25, 0.3) is 0 Å². The van der Waals surface area contributed by atoms with Crippen LogP contribution in [0.5, 0.6) is 0 Å². The summed E-state index contributed by atoms with van der Waals surface area (Å²) in [6.07, 6.45) is 0. The van der Waals surface area contributed by atoms with Gasteiger partial charge in [-0.05, 0) is 19.1 Å². The van der Waals surface area contributed by atoms with E-state index in [0.29, 0.717) is 0 Å². The fraction of sp³-hybridized carbons (Fsp3) is 0.300. The first-order chi connectivity index (χ1) is 6.91. The first-order valence-electron chi connectivity index (χ1n) is 4.34. The van der Waals surface area contributed by atoms with Crippen LogP contribution in [0, 0.1) is 17.0 Å². The summed E-state index contributed by atoms with van der Waals surface area (Å²) < 4.78 is 0. The fourth-order valence-corrected chi connectivity index (χ4v) is 0.840. The topological polar surface area (TPSA) is 72.2 Å². The third kappa shape index (κ3) is 8.42. The van der Waals surface area contributed by atoms with Crippen molar-refractivity contribution in [3.05, 3.63) is 39.9 Å². The van der Waals surface area contributed by atoms with Gasteiger partial charge in [-0.3, -0.25) is 14.9 Å². The maximum absolute atomic E-state index is 10.6. The highest BCUT2D eigenvalue weighted by Gasteiger charge is 1.92. The first kappa shape index (κ1) is 13.1. The Labute approximate surface area is 88.3 Å². The molecule has 15 heavy (non-hydrogen) atoms. The molecule has 82 valence electrons. The Kier molecular flexibility index (Phi) is 5.70. The molecule has 1 aromatic carbocycles. The number of hydrogen-bond acceptors (Lipinski definition) is 3. The largest absolute Gasteiger partial charge is 0.326 e. The molecule has 0 heterocycles. The molecule has 1 rings (SSSR count). The van der Waals surface area contributed by atoms with E-state index in [4.69, 9.17) is 10.1 Å². The molecule has 1 amide bonds. The fourth-order valence-electron chi connectivity index (χ4n) is 0.840. The molecule has 0 aliphatic rings. The van der Waals surface area contributed by atoms with E-state index in [2.05, 4.69) is 5.32 Å². The van der Waals surface area contributed by atoms with E-state index in [9.17, 15) is 4.79 Å². The van der Waals surface area contributed by atoms with Crippen LogP contribution in [0.15, 0.2) is 24.3 Å². The zero-order valence-corrected chi connectivity index (χ0v) is 8.98. The molecule has 0 atom stereocenters. The van der Waals surface area contributed by atoms with Crippen LogP contribution in [0.2, 0.25) is 0 Å². The quantitative estimate of drug-likeness (QED) is 0.567. The molecule has 0 spiro atoms. The molecule has 0 aliphatic heterocycles. The summed E-state index contributed by atoms with van der Waals surface area (Å²) in [5.41, 5.74) is 2.04. The molecule has 1 aromatic rings. The number of aryl methyl sites for hydroxylation is 1. The lowest BCUT2D eigenvalue weighted by molar-refractivity contribution is -0.445. The van der Waals surface area contributed by atoms with Gasteiger partial charge in [-0.2, -0.15) is 0 Å². The molecule has 0 bridgehead atoms. The van der Waals surface area contributed by atoms with Crippen LogP contribution in [0.3, 0.4) is 0 Å². The van der Waals surface area contributed by atoms with Crippen molar-refractivity contribution in [3.8, 4) is 0 Å². The SMILES string of the molecule is CC(=O)Nc1ccc(C)cc1.C[N+](=O)[O-]. The van der Waals surface area contributed by atoms with Crippen molar-refractivity contribution in [2.24, 2.45) is 0 Å². The molecular formula is C10H14N2O3. The third-order valence-corrected chi connectivity index (χ3v) is 1.37. The predicted molar refractivity (Wildman–Crippen MR) is 58.4 cm³/mol. The number of carbonyl (C=O) groups is 1. The lowest BCUT2D eigenvalue weighted by Gasteiger charge is -2.00. The summed E-state index contributed by atoms with van der Waals surface area (Å²) in [4.78, 5) is 18.9. The Balaban J connectivity index is 0.000000423. The van der Waals surface area contributed by atoms with Crippen LogP contribution in [-0.2, 0) is 4.79 Å². The van der Waals surface area contributed by atoms with E-state index in [1.165, 1.54) is 12.5 Å². The molecule has 5 nitrogen and oxygen atoms in total. The second-order valence-electron chi connectivity index (χ2n) is 2.99. The number of nitrogens with zero attached hydrogens (tertiary/aromatic N) is 1. The Morgan fingerprint density at radius 1 is 1.33 bits per heavy atom. The van der Waals surface area contributed by atoms with E-state index in [1.807, 2.05) is 31.2 Å². The van der Waals surface area contributed by atoms with Crippen molar-refractivity contribution < 1.29 is 9.72 Å². The Morgan fingerprint density at radius 2 is 1.73 bits per heavy atom. The normalized spacial score (nSPS) is 8.47. The lowest BCUT2D eigenvalue weighted by atomic mass is 10.2. The average molecular weight is 210 g/mol. The zero-order valence-electron chi connectivity index (χ0n) is 8.98. The summed E-state index contributed by atoms with van der Waals surface area (Å²) >= 11 is 0. The number of anilines is 1. The van der Waals surface area contributed by atoms with Gasteiger partial charge in [-0.1, -0.05) is 17.7 Å². The van der Waals surface area contributed by atoms with Crippen LogP contribution in [0.4, 0.5) is 5.69 Å². The maximum Gasteiger partial charge on any atom is 0.221 e. The van der Waals surface area contributed by atoms with Crippen molar-refractivity contribution >= 4 is 11.6 Å². The molecule has 1 N–H and O–H groups in total. The number of carbonyl (C=O) groups excluding carboxylic acids is 1. The minimum atomic E-state index is -0.500. The summed E-state index contributed by atoms with van der Waals surface area (Å²) in [5, 5.41) is 11.5. The number of benzene rings is 1. The van der Waals surface area contributed by atoms with Gasteiger partial charge in [-0.25, -0.2) is 0 Å². The van der Waals surface area contributed by atoms with Crippen molar-refractivity contribution in [1.82, 2.24) is 0 Å². The summed E-state index contributed by atoms with van der Waals surface area (Å²) in [7, 11) is 0.889. The van der Waals surface area contributed by atoms with Crippen LogP contribution in [0.1, 0.15) is 12.5 Å². The van der Waals surface area contributed by atoms with Crippen LogP contribution in [-0.4, -0.2) is 17.9 Å². The average Bonchev–Trinajstić information content (AvgIpc) is 2.07. The van der Waals surface area contributed by atoms with Gasteiger partial charge < -0.3 is 5.32 Å². The smallest absolute Gasteiger partial charge is 0.221 e. The standard InChI is InChI=1S/C9H11NO.CH3NO2/c1-7-3-5-9(6-4-7)10-8(2)11;1-2(3)4/h3-6H,1-2H3,(H,10,11);1H3. The van der Waals surface area contributed by atoms with E-state index in [-0.39, 0.29) is 5.91 Å². The molecule has 0 fully saturated rings. The number of nitrogens with one attached hydrogen (secondary N) is 1. The van der Waals surface area contributed by atoms with Crippen molar-refractivity contribution in [3.63, 3.8) is 0 Å². The number of rotatable bonds is 1. The van der Waals surface area contributed by atoms with Crippen molar-refractivity contribution in [1.29, 1.82) is 0 Å². The molecule has 0 saturated heterocycles. The summed E-state index contributed by atoms with van der Waals surface area (Å²) in [6, 6.07) is 7.70. The number of hydrogen-bond donors (Lipinski definition) is 1. The van der Waals surface area contributed by atoms with Crippen LogP contribution >= 0.6 is 0 Å². The van der Waals surface area contributed by atoms with Gasteiger partial charge in [-0.15, -0.1) is 0 Å². The van der Waals surface area contributed by atoms with E-state index in [0.717, 1.165) is 12.7 Å². The highest BCUT2D eigenvalue weighted by molar-refractivity contribution is 5.88. The molecular weight excluding hydrogens is 196 g/mol. The lowest BCUT2D eigenvalue weighted by Crippen LogP contribution is -2.05. The molecule has 0 radical (unpaired) electrons. The van der Waals surface area contributed by atoms with E-state index >= 15 is 0 Å². The summed E-state index contributed by atoms with van der Waals surface area (Å²) in [6.45, 7) is 3.51. The van der Waals surface area contributed by atoms with Gasteiger partial charge in [0.2, 0.25) is 5.91 Å². The van der Waals surface area contributed by atoms with Gasteiger partial charge in [0.15, 0.2) is 7.05 Å². The van der Waals surface area contributed by atoms with E-state index < -0.39 is 4.92 Å². The highest BCUT2D eigenvalue weighted by atomic mass is 16.6. The molecule has 0 aromatic heterocycles. The first-order valence-corrected chi connectivity index (χ1v) is 4.34. The second kappa shape index (κ2) is 6.53. The maximum atomic E-state index is 10.6. The molecule has 0 unspecified atom stereocenters. The third-order valence-electron chi connectivity index (χ3n) is 1.37. The molecule has 0 aliphatic carbocycles. The van der Waals surface area contributed by atoms with Gasteiger partial charge >= 0.3 is 0 Å². The van der Waals surface area contributed by atoms with Crippen LogP contribution in [0.25, 0.3) is 0 Å². The summed E-state index contributed by atoms with van der Waals surface area (Å²) in [5.74, 6) is -0.0335. The minimum Gasteiger partial charge on any atom is -0.326 e. The van der Waals surface area contributed by atoms with Gasteiger partial charge in [0.1, 0.15) is 0 Å². The second-order valence-corrected chi connectivity index (χ2v) is 2.99. The number of amides is 1. The highest BCUT2D eigenvalue weighted by Crippen LogP contribution is 2.07. The van der Waals surface area contributed by atoms with Gasteiger partial charge in [0, 0.05) is 17.5 Å². The zero-order chi connectivity index (χ0) is 11.8. The predicted octanol–water partition coefficient (Wildman–Crippen LogP) is 1.85. The monoisotopic (exact) mass is 210 g/mol. The van der Waals surface area contributed by atoms with Crippen molar-refractivity contribution in [2.75, 3.05) is 12.4 Å². The Bertz CT molecular complexity index is 329. The Hall–Kier alpha value is -1.91. The van der Waals surface area contributed by atoms with Crippen molar-refractivity contribution in [2.45, 2.75) is 13.8 Å². The van der Waals surface area contributed by atoms with Gasteiger partial charge in [0.05, 0.1) is 0 Å².